The lowest BCUT2D eigenvalue weighted by Gasteiger charge is -2.25. The van der Waals surface area contributed by atoms with Gasteiger partial charge in [-0.15, -0.1) is 0 Å². The van der Waals surface area contributed by atoms with Crippen molar-refractivity contribution in [3.05, 3.63) is 71.2 Å². The molecule has 24 heavy (non-hydrogen) atoms. The van der Waals surface area contributed by atoms with E-state index in [1.54, 1.807) is 12.1 Å². The van der Waals surface area contributed by atoms with Crippen LogP contribution < -0.4 is 5.32 Å². The third-order valence-electron chi connectivity index (χ3n) is 4.64. The van der Waals surface area contributed by atoms with Gasteiger partial charge in [-0.2, -0.15) is 0 Å². The molecule has 0 amide bonds. The Labute approximate surface area is 139 Å². The Balaban J connectivity index is 1.80. The van der Waals surface area contributed by atoms with Crippen molar-refractivity contribution in [2.75, 3.05) is 5.32 Å². The monoisotopic (exact) mass is 320 g/mol. The number of para-hydroxylation sites is 2. The minimum atomic E-state index is -0.257. The zero-order valence-corrected chi connectivity index (χ0v) is 13.3. The number of halogens is 1. The van der Waals surface area contributed by atoms with Gasteiger partial charge in [-0.3, -0.25) is 9.79 Å². The highest BCUT2D eigenvalue weighted by atomic mass is 19.1. The Hall–Kier alpha value is -2.75. The summed E-state index contributed by atoms with van der Waals surface area (Å²) in [4.78, 5) is 17.5. The van der Waals surface area contributed by atoms with Crippen LogP contribution >= 0.6 is 0 Å². The lowest BCUT2D eigenvalue weighted by Crippen LogP contribution is -2.27. The van der Waals surface area contributed by atoms with Crippen molar-refractivity contribution < 1.29 is 9.18 Å². The normalized spacial score (nSPS) is 19.8. The predicted octanol–water partition coefficient (Wildman–Crippen LogP) is 4.74. The van der Waals surface area contributed by atoms with Gasteiger partial charge in [0.2, 0.25) is 0 Å². The maximum absolute atomic E-state index is 14.1. The minimum Gasteiger partial charge on any atom is -0.357 e. The number of ketones is 1. The van der Waals surface area contributed by atoms with Crippen LogP contribution in [0.3, 0.4) is 0 Å². The van der Waals surface area contributed by atoms with Gasteiger partial charge in [-0.05, 0) is 43.0 Å². The highest BCUT2D eigenvalue weighted by Gasteiger charge is 2.33. The van der Waals surface area contributed by atoms with E-state index in [-0.39, 0.29) is 17.5 Å². The first kappa shape index (κ1) is 14.8. The Morgan fingerprint density at radius 1 is 1.08 bits per heavy atom. The first-order valence-electron chi connectivity index (χ1n) is 8.06. The Kier molecular flexibility index (Phi) is 3.53. The van der Waals surface area contributed by atoms with Crippen molar-refractivity contribution >= 4 is 22.9 Å². The number of hydrogen-bond acceptors (Lipinski definition) is 3. The molecule has 120 valence electrons. The molecule has 1 fully saturated rings. The number of anilines is 1. The average molecular weight is 320 g/mol. The van der Waals surface area contributed by atoms with E-state index >= 15 is 0 Å². The van der Waals surface area contributed by atoms with Crippen LogP contribution in [-0.4, -0.2) is 11.5 Å². The summed E-state index contributed by atoms with van der Waals surface area (Å²) in [5.41, 5.74) is 4.50. The van der Waals surface area contributed by atoms with E-state index in [0.717, 1.165) is 22.8 Å². The number of nitrogens with zero attached hydrogens (tertiary/aromatic N) is 1. The van der Waals surface area contributed by atoms with Gasteiger partial charge in [0.25, 0.3) is 0 Å². The molecule has 3 nitrogen and oxygen atoms in total. The fourth-order valence-corrected chi connectivity index (χ4v) is 3.53. The molecule has 1 saturated carbocycles. The second-order valence-electron chi connectivity index (χ2n) is 6.25. The van der Waals surface area contributed by atoms with Crippen LogP contribution in [0.5, 0.6) is 0 Å². The molecule has 1 aliphatic carbocycles. The second kappa shape index (κ2) is 5.71. The topological polar surface area (TPSA) is 41.5 Å². The van der Waals surface area contributed by atoms with Crippen LogP contribution in [0.4, 0.5) is 15.8 Å². The number of fused-ring (bicyclic) bond motifs is 2. The smallest absolute Gasteiger partial charge is 0.167 e. The molecule has 1 atom stereocenters. The maximum atomic E-state index is 14.1. The van der Waals surface area contributed by atoms with Crippen molar-refractivity contribution in [2.24, 2.45) is 4.99 Å². The Morgan fingerprint density at radius 3 is 2.67 bits per heavy atom. The van der Waals surface area contributed by atoms with Crippen molar-refractivity contribution in [3.8, 4) is 0 Å². The molecule has 0 unspecified atom stereocenters. The summed E-state index contributed by atoms with van der Waals surface area (Å²) in [5.74, 6) is -0.405. The lowest BCUT2D eigenvalue weighted by atomic mass is 9.78. The van der Waals surface area contributed by atoms with Crippen LogP contribution in [0.15, 0.2) is 64.8 Å². The molecule has 0 spiro atoms. The number of allylic oxidation sites excluding steroid dienone is 2. The molecule has 1 aliphatic heterocycles. The van der Waals surface area contributed by atoms with Gasteiger partial charge < -0.3 is 5.32 Å². The van der Waals surface area contributed by atoms with Crippen molar-refractivity contribution in [1.82, 2.24) is 0 Å². The molecular formula is C20H17FN2O. The molecule has 0 saturated heterocycles. The van der Waals surface area contributed by atoms with Crippen LogP contribution in [-0.2, 0) is 4.79 Å². The third kappa shape index (κ3) is 2.44. The van der Waals surface area contributed by atoms with Gasteiger partial charge in [0.05, 0.1) is 22.7 Å². The Morgan fingerprint density at radius 2 is 1.83 bits per heavy atom. The zero-order chi connectivity index (χ0) is 16.7. The SMILES string of the molecule is CC1=C2C(=O)C[C@@H](c3ccccc3F)CC2=Nc2ccccc2N1. The molecule has 2 aliphatic rings. The molecule has 2 aromatic rings. The summed E-state index contributed by atoms with van der Waals surface area (Å²) in [6, 6.07) is 14.4. The van der Waals surface area contributed by atoms with Gasteiger partial charge in [0, 0.05) is 12.1 Å². The maximum Gasteiger partial charge on any atom is 0.167 e. The van der Waals surface area contributed by atoms with E-state index in [4.69, 9.17) is 4.99 Å². The van der Waals surface area contributed by atoms with E-state index in [1.807, 2.05) is 37.3 Å². The van der Waals surface area contributed by atoms with E-state index < -0.39 is 0 Å². The number of hydrogen-bond donors (Lipinski definition) is 1. The summed E-state index contributed by atoms with van der Waals surface area (Å²) >= 11 is 0. The molecule has 4 heteroatoms. The number of carbonyl (C=O) groups is 1. The molecule has 0 aromatic heterocycles. The fraction of sp³-hybridized carbons (Fsp3) is 0.200. The summed E-state index contributed by atoms with van der Waals surface area (Å²) in [7, 11) is 0. The summed E-state index contributed by atoms with van der Waals surface area (Å²) < 4.78 is 14.1. The van der Waals surface area contributed by atoms with E-state index in [2.05, 4.69) is 5.32 Å². The van der Waals surface area contributed by atoms with Crippen LogP contribution in [0.25, 0.3) is 0 Å². The minimum absolute atomic E-state index is 0.0195. The first-order valence-corrected chi connectivity index (χ1v) is 8.06. The third-order valence-corrected chi connectivity index (χ3v) is 4.64. The molecule has 1 N–H and O–H groups in total. The average Bonchev–Trinajstić information content (AvgIpc) is 2.70. The number of benzene rings is 2. The first-order chi connectivity index (χ1) is 11.6. The molecule has 2 aromatic carbocycles. The number of aliphatic imine (C=N–C) groups is 1. The Bertz CT molecular complexity index is 898. The predicted molar refractivity (Wildman–Crippen MR) is 93.2 cm³/mol. The highest BCUT2D eigenvalue weighted by molar-refractivity contribution is 6.26. The van der Waals surface area contributed by atoms with Gasteiger partial charge in [0.1, 0.15) is 5.82 Å². The highest BCUT2D eigenvalue weighted by Crippen LogP contribution is 2.38. The summed E-state index contributed by atoms with van der Waals surface area (Å²) in [6.45, 7) is 1.90. The van der Waals surface area contributed by atoms with Gasteiger partial charge in [-0.25, -0.2) is 4.39 Å². The van der Waals surface area contributed by atoms with Crippen LogP contribution in [0.2, 0.25) is 0 Å². The zero-order valence-electron chi connectivity index (χ0n) is 13.3. The second-order valence-corrected chi connectivity index (χ2v) is 6.25. The number of Topliss-reactive ketones (excluding diaryl/α,β-unsaturated/α-hetero) is 1. The van der Waals surface area contributed by atoms with E-state index in [1.165, 1.54) is 6.07 Å². The molecule has 0 radical (unpaired) electrons. The quantitative estimate of drug-likeness (QED) is 0.824. The van der Waals surface area contributed by atoms with Crippen LogP contribution in [0.1, 0.15) is 31.2 Å². The van der Waals surface area contributed by atoms with Gasteiger partial charge >= 0.3 is 0 Å². The fourth-order valence-electron chi connectivity index (χ4n) is 3.53. The molecular weight excluding hydrogens is 303 g/mol. The van der Waals surface area contributed by atoms with Crippen molar-refractivity contribution in [1.29, 1.82) is 0 Å². The molecule has 4 rings (SSSR count). The summed E-state index contributed by atoms with van der Waals surface area (Å²) in [6.07, 6.45) is 0.875. The van der Waals surface area contributed by atoms with Crippen LogP contribution in [0, 0.1) is 5.82 Å². The number of rotatable bonds is 1. The molecule has 0 bridgehead atoms. The largest absolute Gasteiger partial charge is 0.357 e. The summed E-state index contributed by atoms with van der Waals surface area (Å²) in [5, 5.41) is 3.29. The molecule has 1 heterocycles. The van der Waals surface area contributed by atoms with Gasteiger partial charge in [-0.1, -0.05) is 30.3 Å². The van der Waals surface area contributed by atoms with E-state index in [0.29, 0.717) is 24.0 Å². The number of carbonyl (C=O) groups excluding carboxylic acids is 1. The van der Waals surface area contributed by atoms with E-state index in [9.17, 15) is 9.18 Å². The van der Waals surface area contributed by atoms with Gasteiger partial charge in [0.15, 0.2) is 5.78 Å². The van der Waals surface area contributed by atoms with Crippen molar-refractivity contribution in [2.45, 2.75) is 25.7 Å². The lowest BCUT2D eigenvalue weighted by molar-refractivity contribution is -0.115. The van der Waals surface area contributed by atoms with Crippen molar-refractivity contribution in [3.63, 3.8) is 0 Å². The standard InChI is InChI=1S/C20H17FN2O/c1-12-20-18(23-17-9-5-4-8-16(17)22-12)10-13(11-19(20)24)14-6-2-3-7-15(14)21/h2-9,13,22H,10-11H2,1H3/t13-/m0/s1. The number of nitrogens with one attached hydrogen (secondary N) is 1.